The van der Waals surface area contributed by atoms with E-state index in [9.17, 15) is 4.79 Å². The number of urea groups is 1. The fraction of sp³-hybridized carbons (Fsp3) is 0.174. The largest absolute Gasteiger partial charge is 0.383 e. The number of carbonyl (C=O) groups excluding carboxylic acids is 1. The molecule has 4 rings (SSSR count). The Morgan fingerprint density at radius 3 is 2.76 bits per heavy atom. The molecule has 0 spiro atoms. The van der Waals surface area contributed by atoms with Crippen LogP contribution in [0.3, 0.4) is 0 Å². The lowest BCUT2D eigenvalue weighted by Gasteiger charge is -2.29. The van der Waals surface area contributed by atoms with E-state index in [2.05, 4.69) is 28.5 Å². The van der Waals surface area contributed by atoms with E-state index in [4.69, 9.17) is 11.1 Å². The van der Waals surface area contributed by atoms with Crippen molar-refractivity contribution in [2.45, 2.75) is 19.4 Å². The first-order valence-electron chi connectivity index (χ1n) is 9.59. The number of carbonyl (C=O) groups is 1. The minimum absolute atomic E-state index is 0.138. The Bertz CT molecular complexity index is 1050. The van der Waals surface area contributed by atoms with Crippen LogP contribution in [0.4, 0.5) is 16.3 Å². The third kappa shape index (κ3) is 4.11. The second kappa shape index (κ2) is 8.14. The zero-order chi connectivity index (χ0) is 20.2. The first-order valence-corrected chi connectivity index (χ1v) is 9.59. The van der Waals surface area contributed by atoms with Crippen molar-refractivity contribution in [3.8, 4) is 0 Å². The van der Waals surface area contributed by atoms with Crippen LogP contribution >= 0.6 is 0 Å². The minimum atomic E-state index is -0.138. The standard InChI is InChI=1S/C23H23N5O/c24-13-21-20-9-10-28(15-18(20)14-26-22(21)25)23(29)27-19-8-4-7-17(12-19)11-16-5-2-1-3-6-16/h1-8,12-14,24H,9-11,15H2,(H2,25,26)(H,27,29). The molecule has 2 amide bonds. The average Bonchev–Trinajstić information content (AvgIpc) is 2.74. The summed E-state index contributed by atoms with van der Waals surface area (Å²) in [4.78, 5) is 18.7. The van der Waals surface area contributed by atoms with Gasteiger partial charge in [-0.2, -0.15) is 0 Å². The van der Waals surface area contributed by atoms with Gasteiger partial charge in [0.15, 0.2) is 0 Å². The number of nitrogens with one attached hydrogen (secondary N) is 2. The number of nitrogens with two attached hydrogens (primary N) is 1. The normalized spacial score (nSPS) is 12.9. The molecule has 29 heavy (non-hydrogen) atoms. The van der Waals surface area contributed by atoms with Gasteiger partial charge in [-0.25, -0.2) is 9.78 Å². The Morgan fingerprint density at radius 1 is 1.17 bits per heavy atom. The van der Waals surface area contributed by atoms with Gasteiger partial charge in [-0.1, -0.05) is 42.5 Å². The molecular weight excluding hydrogens is 362 g/mol. The number of hydrogen-bond donors (Lipinski definition) is 3. The van der Waals surface area contributed by atoms with Crippen molar-refractivity contribution in [2.24, 2.45) is 0 Å². The number of amides is 2. The van der Waals surface area contributed by atoms with Gasteiger partial charge in [0.25, 0.3) is 0 Å². The topological polar surface area (TPSA) is 95.1 Å². The van der Waals surface area contributed by atoms with Crippen molar-refractivity contribution in [1.82, 2.24) is 9.88 Å². The molecule has 146 valence electrons. The number of nitrogen functional groups attached to an aromatic ring is 1. The van der Waals surface area contributed by atoms with Crippen LogP contribution in [0.1, 0.15) is 27.8 Å². The average molecular weight is 385 g/mol. The maximum absolute atomic E-state index is 12.8. The first-order chi connectivity index (χ1) is 14.1. The molecule has 1 aliphatic rings. The van der Waals surface area contributed by atoms with Crippen LogP contribution < -0.4 is 11.1 Å². The van der Waals surface area contributed by atoms with Gasteiger partial charge in [0.1, 0.15) is 5.82 Å². The maximum atomic E-state index is 12.8. The molecule has 2 aromatic carbocycles. The molecule has 0 atom stereocenters. The second-order valence-electron chi connectivity index (χ2n) is 7.17. The summed E-state index contributed by atoms with van der Waals surface area (Å²) in [6.45, 7) is 1.03. The van der Waals surface area contributed by atoms with Gasteiger partial charge >= 0.3 is 6.03 Å². The van der Waals surface area contributed by atoms with Crippen molar-refractivity contribution in [3.63, 3.8) is 0 Å². The van der Waals surface area contributed by atoms with Gasteiger partial charge in [-0.15, -0.1) is 0 Å². The Hall–Kier alpha value is -3.67. The Balaban J connectivity index is 1.45. The molecule has 1 aliphatic heterocycles. The third-order valence-corrected chi connectivity index (χ3v) is 5.20. The Labute approximate surface area is 169 Å². The van der Waals surface area contributed by atoms with Gasteiger partial charge in [-0.05, 0) is 47.2 Å². The van der Waals surface area contributed by atoms with Crippen LogP contribution in [0.25, 0.3) is 0 Å². The summed E-state index contributed by atoms with van der Waals surface area (Å²) >= 11 is 0. The summed E-state index contributed by atoms with van der Waals surface area (Å²) in [5.74, 6) is 0.367. The molecule has 0 bridgehead atoms. The quantitative estimate of drug-likeness (QED) is 0.596. The minimum Gasteiger partial charge on any atom is -0.383 e. The highest BCUT2D eigenvalue weighted by molar-refractivity contribution is 5.90. The van der Waals surface area contributed by atoms with E-state index < -0.39 is 0 Å². The first kappa shape index (κ1) is 18.7. The molecule has 0 fully saturated rings. The van der Waals surface area contributed by atoms with E-state index >= 15 is 0 Å². The lowest BCUT2D eigenvalue weighted by Crippen LogP contribution is -2.39. The van der Waals surface area contributed by atoms with Crippen molar-refractivity contribution >= 4 is 23.8 Å². The SMILES string of the molecule is N=Cc1c(N)ncc2c1CCN(C(=O)Nc1cccc(Cc3ccccc3)c1)C2. The monoisotopic (exact) mass is 385 g/mol. The van der Waals surface area contributed by atoms with Gasteiger partial charge in [0, 0.05) is 36.8 Å². The van der Waals surface area contributed by atoms with Crippen molar-refractivity contribution in [3.05, 3.63) is 88.6 Å². The van der Waals surface area contributed by atoms with Crippen LogP contribution in [0.2, 0.25) is 0 Å². The molecule has 0 radical (unpaired) electrons. The Morgan fingerprint density at radius 2 is 1.97 bits per heavy atom. The third-order valence-electron chi connectivity index (χ3n) is 5.20. The maximum Gasteiger partial charge on any atom is 0.322 e. The Kier molecular flexibility index (Phi) is 5.24. The van der Waals surface area contributed by atoms with Crippen LogP contribution in [0, 0.1) is 5.41 Å². The van der Waals surface area contributed by atoms with Gasteiger partial charge < -0.3 is 21.4 Å². The van der Waals surface area contributed by atoms with Crippen LogP contribution in [0.5, 0.6) is 0 Å². The zero-order valence-electron chi connectivity index (χ0n) is 16.1. The lowest BCUT2D eigenvalue weighted by atomic mass is 9.97. The van der Waals surface area contributed by atoms with E-state index in [-0.39, 0.29) is 6.03 Å². The predicted octanol–water partition coefficient (Wildman–Crippen LogP) is 3.84. The summed E-state index contributed by atoms with van der Waals surface area (Å²) in [6, 6.07) is 18.1. The van der Waals surface area contributed by atoms with E-state index in [1.807, 2.05) is 36.4 Å². The van der Waals surface area contributed by atoms with E-state index in [1.165, 1.54) is 11.8 Å². The summed E-state index contributed by atoms with van der Waals surface area (Å²) in [6.07, 6.45) is 4.43. The van der Waals surface area contributed by atoms with Crippen molar-refractivity contribution < 1.29 is 4.79 Å². The number of aromatic nitrogens is 1. The summed E-state index contributed by atoms with van der Waals surface area (Å²) in [7, 11) is 0. The highest BCUT2D eigenvalue weighted by Gasteiger charge is 2.23. The van der Waals surface area contributed by atoms with Crippen molar-refractivity contribution in [2.75, 3.05) is 17.6 Å². The van der Waals surface area contributed by atoms with Gasteiger partial charge in [0.2, 0.25) is 0 Å². The number of pyridine rings is 1. The molecular formula is C23H23N5O. The molecule has 0 aliphatic carbocycles. The second-order valence-corrected chi connectivity index (χ2v) is 7.17. The number of benzene rings is 2. The van der Waals surface area contributed by atoms with E-state index in [1.54, 1.807) is 11.1 Å². The van der Waals surface area contributed by atoms with Crippen molar-refractivity contribution in [1.29, 1.82) is 5.41 Å². The molecule has 0 saturated heterocycles. The number of nitrogens with zero attached hydrogens (tertiary/aromatic N) is 2. The van der Waals surface area contributed by atoms with Gasteiger partial charge in [0.05, 0.1) is 0 Å². The molecule has 6 nitrogen and oxygen atoms in total. The lowest BCUT2D eigenvalue weighted by molar-refractivity contribution is 0.206. The molecule has 4 N–H and O–H groups in total. The summed E-state index contributed by atoms with van der Waals surface area (Å²) < 4.78 is 0. The summed E-state index contributed by atoms with van der Waals surface area (Å²) in [5.41, 5.74) is 11.6. The van der Waals surface area contributed by atoms with Crippen LogP contribution in [-0.2, 0) is 19.4 Å². The molecule has 0 saturated carbocycles. The highest BCUT2D eigenvalue weighted by Crippen LogP contribution is 2.24. The van der Waals surface area contributed by atoms with Crippen LogP contribution in [0.15, 0.2) is 60.8 Å². The molecule has 3 aromatic rings. The molecule has 0 unspecified atom stereocenters. The van der Waals surface area contributed by atoms with Crippen LogP contribution in [-0.4, -0.2) is 28.7 Å². The smallest absolute Gasteiger partial charge is 0.322 e. The zero-order valence-corrected chi connectivity index (χ0v) is 16.1. The number of anilines is 2. The van der Waals surface area contributed by atoms with E-state index in [0.717, 1.165) is 28.8 Å². The van der Waals surface area contributed by atoms with Gasteiger partial charge in [-0.3, -0.25) is 0 Å². The fourth-order valence-electron chi connectivity index (χ4n) is 3.71. The number of rotatable bonds is 4. The highest BCUT2D eigenvalue weighted by atomic mass is 16.2. The molecule has 6 heteroatoms. The number of hydrogen-bond acceptors (Lipinski definition) is 4. The fourth-order valence-corrected chi connectivity index (χ4v) is 3.71. The molecule has 1 aromatic heterocycles. The number of fused-ring (bicyclic) bond motifs is 1. The summed E-state index contributed by atoms with van der Waals surface area (Å²) in [5, 5.41) is 10.6. The molecule has 2 heterocycles. The predicted molar refractivity (Wildman–Crippen MR) is 115 cm³/mol. The van der Waals surface area contributed by atoms with E-state index in [0.29, 0.717) is 30.9 Å².